The molecule has 0 aliphatic carbocycles. The summed E-state index contributed by atoms with van der Waals surface area (Å²) in [6, 6.07) is 3.25. The summed E-state index contributed by atoms with van der Waals surface area (Å²) in [6.07, 6.45) is 2.70. The second-order valence-corrected chi connectivity index (χ2v) is 5.04. The molecule has 6 heteroatoms. The summed E-state index contributed by atoms with van der Waals surface area (Å²) in [6.45, 7) is 3.15. The molecular weight excluding hydrogens is 270 g/mol. The van der Waals surface area contributed by atoms with Crippen LogP contribution >= 0.6 is 11.3 Å². The summed E-state index contributed by atoms with van der Waals surface area (Å²) in [5.41, 5.74) is 0. The average molecular weight is 284 g/mol. The molecule has 2 aromatic rings. The SMILES string of the molecule is CCCNc1ncc(COc2ccc(F)cc2F)s1. The molecule has 3 nitrogen and oxygen atoms in total. The number of nitrogens with one attached hydrogen (secondary N) is 1. The molecule has 0 spiro atoms. The van der Waals surface area contributed by atoms with Gasteiger partial charge in [-0.3, -0.25) is 0 Å². The number of thiazole rings is 1. The number of aromatic nitrogens is 1. The third-order valence-corrected chi connectivity index (χ3v) is 3.27. The Labute approximate surface area is 114 Å². The molecule has 0 aliphatic heterocycles. The monoisotopic (exact) mass is 284 g/mol. The molecule has 102 valence electrons. The summed E-state index contributed by atoms with van der Waals surface area (Å²) < 4.78 is 31.4. The first kappa shape index (κ1) is 13.7. The van der Waals surface area contributed by atoms with Crippen molar-refractivity contribution in [3.63, 3.8) is 0 Å². The normalized spacial score (nSPS) is 10.5. The summed E-state index contributed by atoms with van der Waals surface area (Å²) in [4.78, 5) is 5.05. The van der Waals surface area contributed by atoms with Crippen LogP contribution in [0.3, 0.4) is 0 Å². The fourth-order valence-corrected chi connectivity index (χ4v) is 2.18. The van der Waals surface area contributed by atoms with Crippen LogP contribution in [-0.2, 0) is 6.61 Å². The lowest BCUT2D eigenvalue weighted by atomic mass is 10.3. The van der Waals surface area contributed by atoms with E-state index in [4.69, 9.17) is 4.74 Å². The molecule has 0 fully saturated rings. The second kappa shape index (κ2) is 6.47. The van der Waals surface area contributed by atoms with Crippen LogP contribution in [0.2, 0.25) is 0 Å². The minimum Gasteiger partial charge on any atom is -0.485 e. The Morgan fingerprint density at radius 3 is 2.95 bits per heavy atom. The van der Waals surface area contributed by atoms with Crippen molar-refractivity contribution in [2.45, 2.75) is 20.0 Å². The maximum absolute atomic E-state index is 13.3. The lowest BCUT2D eigenvalue weighted by molar-refractivity contribution is 0.292. The Balaban J connectivity index is 1.92. The molecule has 0 saturated heterocycles. The van der Waals surface area contributed by atoms with Crippen LogP contribution in [0.4, 0.5) is 13.9 Å². The smallest absolute Gasteiger partial charge is 0.182 e. The predicted octanol–water partition coefficient (Wildman–Crippen LogP) is 3.82. The van der Waals surface area contributed by atoms with Crippen LogP contribution in [0.1, 0.15) is 18.2 Å². The van der Waals surface area contributed by atoms with Gasteiger partial charge in [0.2, 0.25) is 0 Å². The third kappa shape index (κ3) is 3.89. The lowest BCUT2D eigenvalue weighted by Gasteiger charge is -2.05. The Hall–Kier alpha value is -1.69. The molecule has 0 unspecified atom stereocenters. The fraction of sp³-hybridized carbons (Fsp3) is 0.308. The Morgan fingerprint density at radius 2 is 2.21 bits per heavy atom. The van der Waals surface area contributed by atoms with Crippen molar-refractivity contribution < 1.29 is 13.5 Å². The van der Waals surface area contributed by atoms with Crippen molar-refractivity contribution in [2.75, 3.05) is 11.9 Å². The van der Waals surface area contributed by atoms with Crippen LogP contribution in [0, 0.1) is 11.6 Å². The number of nitrogens with zero attached hydrogens (tertiary/aromatic N) is 1. The van der Waals surface area contributed by atoms with E-state index in [-0.39, 0.29) is 12.4 Å². The van der Waals surface area contributed by atoms with E-state index >= 15 is 0 Å². The molecular formula is C13H14F2N2OS. The van der Waals surface area contributed by atoms with E-state index in [0.29, 0.717) is 0 Å². The van der Waals surface area contributed by atoms with E-state index in [1.54, 1.807) is 6.20 Å². The molecule has 0 amide bonds. The van der Waals surface area contributed by atoms with Gasteiger partial charge in [0.05, 0.1) is 4.88 Å². The molecule has 2 rings (SSSR count). The van der Waals surface area contributed by atoms with E-state index in [2.05, 4.69) is 17.2 Å². The van der Waals surface area contributed by atoms with Crippen molar-refractivity contribution in [2.24, 2.45) is 0 Å². The van der Waals surface area contributed by atoms with Crippen LogP contribution in [0.5, 0.6) is 5.75 Å². The number of hydrogen-bond acceptors (Lipinski definition) is 4. The van der Waals surface area contributed by atoms with Gasteiger partial charge in [-0.05, 0) is 18.6 Å². The summed E-state index contributed by atoms with van der Waals surface area (Å²) in [5.74, 6) is -1.28. The molecule has 0 radical (unpaired) electrons. The maximum Gasteiger partial charge on any atom is 0.182 e. The van der Waals surface area contributed by atoms with E-state index in [0.717, 1.165) is 29.0 Å². The van der Waals surface area contributed by atoms with Crippen molar-refractivity contribution in [1.29, 1.82) is 0 Å². The van der Waals surface area contributed by atoms with E-state index in [1.807, 2.05) is 0 Å². The highest BCUT2D eigenvalue weighted by Gasteiger charge is 2.07. The van der Waals surface area contributed by atoms with Crippen LogP contribution in [0.15, 0.2) is 24.4 Å². The first-order valence-electron chi connectivity index (χ1n) is 5.95. The van der Waals surface area contributed by atoms with Crippen LogP contribution < -0.4 is 10.1 Å². The van der Waals surface area contributed by atoms with Gasteiger partial charge >= 0.3 is 0 Å². The van der Waals surface area contributed by atoms with Crippen molar-refractivity contribution in [3.05, 3.63) is 40.9 Å². The molecule has 0 saturated carbocycles. The van der Waals surface area contributed by atoms with Gasteiger partial charge in [-0.1, -0.05) is 18.3 Å². The predicted molar refractivity (Wildman–Crippen MR) is 71.6 cm³/mol. The van der Waals surface area contributed by atoms with E-state index in [9.17, 15) is 8.78 Å². The van der Waals surface area contributed by atoms with Gasteiger partial charge in [0.25, 0.3) is 0 Å². The highest BCUT2D eigenvalue weighted by atomic mass is 32.1. The lowest BCUT2D eigenvalue weighted by Crippen LogP contribution is -1.98. The van der Waals surface area contributed by atoms with Crippen molar-refractivity contribution in [1.82, 2.24) is 4.98 Å². The topological polar surface area (TPSA) is 34.2 Å². The van der Waals surface area contributed by atoms with Crippen molar-refractivity contribution in [3.8, 4) is 5.75 Å². The van der Waals surface area contributed by atoms with E-state index < -0.39 is 11.6 Å². The number of anilines is 1. The number of ether oxygens (including phenoxy) is 1. The third-order valence-electron chi connectivity index (χ3n) is 2.34. The average Bonchev–Trinajstić information content (AvgIpc) is 2.83. The number of hydrogen-bond donors (Lipinski definition) is 1. The largest absolute Gasteiger partial charge is 0.485 e. The van der Waals surface area contributed by atoms with Crippen LogP contribution in [-0.4, -0.2) is 11.5 Å². The molecule has 1 aromatic heterocycles. The van der Waals surface area contributed by atoms with Gasteiger partial charge < -0.3 is 10.1 Å². The zero-order valence-corrected chi connectivity index (χ0v) is 11.3. The molecule has 19 heavy (non-hydrogen) atoms. The Morgan fingerprint density at radius 1 is 1.37 bits per heavy atom. The summed E-state index contributed by atoms with van der Waals surface area (Å²) in [7, 11) is 0. The molecule has 0 aliphatic rings. The maximum atomic E-state index is 13.3. The van der Waals surface area contributed by atoms with Gasteiger partial charge in [-0.15, -0.1) is 0 Å². The highest BCUT2D eigenvalue weighted by Crippen LogP contribution is 2.22. The molecule has 0 bridgehead atoms. The Kier molecular flexibility index (Phi) is 4.68. The molecule has 0 atom stereocenters. The zero-order chi connectivity index (χ0) is 13.7. The molecule has 1 aromatic carbocycles. The van der Waals surface area contributed by atoms with Gasteiger partial charge in [0, 0.05) is 18.8 Å². The first-order chi connectivity index (χ1) is 9.19. The summed E-state index contributed by atoms with van der Waals surface area (Å²) in [5, 5.41) is 3.98. The van der Waals surface area contributed by atoms with Crippen molar-refractivity contribution >= 4 is 16.5 Å². The zero-order valence-electron chi connectivity index (χ0n) is 10.5. The quantitative estimate of drug-likeness (QED) is 0.875. The second-order valence-electron chi connectivity index (χ2n) is 3.92. The Bertz CT molecular complexity index is 545. The van der Waals surface area contributed by atoms with E-state index in [1.165, 1.54) is 23.5 Å². The van der Waals surface area contributed by atoms with Gasteiger partial charge in [0.15, 0.2) is 16.7 Å². The molecule has 1 N–H and O–H groups in total. The standard InChI is InChI=1S/C13H14F2N2OS/c1-2-5-16-13-17-7-10(19-13)8-18-12-4-3-9(14)6-11(12)15/h3-4,6-7H,2,5,8H2,1H3,(H,16,17). The summed E-state index contributed by atoms with van der Waals surface area (Å²) >= 11 is 1.46. The van der Waals surface area contributed by atoms with Gasteiger partial charge in [-0.2, -0.15) is 0 Å². The minimum absolute atomic E-state index is 0.0397. The van der Waals surface area contributed by atoms with Gasteiger partial charge in [-0.25, -0.2) is 13.8 Å². The van der Waals surface area contributed by atoms with Gasteiger partial charge in [0.1, 0.15) is 12.4 Å². The fourth-order valence-electron chi connectivity index (χ4n) is 1.43. The highest BCUT2D eigenvalue weighted by molar-refractivity contribution is 7.15. The molecule has 1 heterocycles. The number of benzene rings is 1. The first-order valence-corrected chi connectivity index (χ1v) is 6.77. The number of halogens is 2. The van der Waals surface area contributed by atoms with Crippen LogP contribution in [0.25, 0.3) is 0 Å². The number of rotatable bonds is 6. The minimum atomic E-state index is -0.700.